The van der Waals surface area contributed by atoms with Gasteiger partial charge in [-0.25, -0.2) is 0 Å². The van der Waals surface area contributed by atoms with E-state index in [1.807, 2.05) is 0 Å². The number of amides is 1. The van der Waals surface area contributed by atoms with Gasteiger partial charge in [0.25, 0.3) is 0 Å². The molecule has 1 aromatic heterocycles. The number of aryl methyl sites for hydroxylation is 2. The molecule has 0 fully saturated rings. The highest BCUT2D eigenvalue weighted by atomic mass is 16.6. The Hall–Kier alpha value is -3.23. The fraction of sp³-hybridized carbons (Fsp3) is 0.353. The van der Waals surface area contributed by atoms with Crippen molar-refractivity contribution in [3.8, 4) is 0 Å². The zero-order valence-corrected chi connectivity index (χ0v) is 14.4. The maximum Gasteiger partial charge on any atom is 0.312 e. The Morgan fingerprint density at radius 1 is 1.35 bits per heavy atom. The molecule has 1 aliphatic heterocycles. The zero-order chi connectivity index (χ0) is 19.0. The summed E-state index contributed by atoms with van der Waals surface area (Å²) >= 11 is 0. The molecule has 0 radical (unpaired) electrons. The minimum Gasteiger partial charge on any atom is -0.481 e. The summed E-state index contributed by atoms with van der Waals surface area (Å²) in [6.45, 7) is 3.42. The van der Waals surface area contributed by atoms with Crippen LogP contribution in [0.1, 0.15) is 29.3 Å². The number of para-hydroxylation sites is 1. The average molecular weight is 358 g/mol. The van der Waals surface area contributed by atoms with E-state index in [1.54, 1.807) is 38.1 Å². The summed E-state index contributed by atoms with van der Waals surface area (Å²) in [5.74, 6) is -1.96. The van der Waals surface area contributed by atoms with Crippen molar-refractivity contribution in [3.63, 3.8) is 0 Å². The molecule has 9 heteroatoms. The lowest BCUT2D eigenvalue weighted by Gasteiger charge is -2.17. The molecule has 1 unspecified atom stereocenters. The van der Waals surface area contributed by atoms with Crippen LogP contribution in [0.15, 0.2) is 24.3 Å². The summed E-state index contributed by atoms with van der Waals surface area (Å²) in [5.41, 5.74) is 1.87. The number of carboxylic acids is 1. The van der Waals surface area contributed by atoms with Gasteiger partial charge in [0.05, 0.1) is 11.5 Å². The summed E-state index contributed by atoms with van der Waals surface area (Å²) in [5, 5.41) is 24.6. The zero-order valence-electron chi connectivity index (χ0n) is 14.4. The number of rotatable bonds is 5. The molecule has 0 aliphatic carbocycles. The molecule has 26 heavy (non-hydrogen) atoms. The van der Waals surface area contributed by atoms with Crippen molar-refractivity contribution in [1.82, 2.24) is 9.78 Å². The van der Waals surface area contributed by atoms with Crippen molar-refractivity contribution >= 4 is 23.3 Å². The number of aromatic nitrogens is 2. The summed E-state index contributed by atoms with van der Waals surface area (Å²) < 4.78 is 1.45. The highest BCUT2D eigenvalue weighted by Crippen LogP contribution is 2.36. The molecule has 0 bridgehead atoms. The molecule has 1 atom stereocenters. The van der Waals surface area contributed by atoms with Crippen molar-refractivity contribution in [2.24, 2.45) is 0 Å². The SMILES string of the molecule is Cc1nn(CCC(=O)N2CC(C(=O)O)c3ccccc32)c(C)c1[N+](=O)[O-]. The van der Waals surface area contributed by atoms with E-state index in [4.69, 9.17) is 0 Å². The molecule has 0 saturated heterocycles. The number of anilines is 1. The van der Waals surface area contributed by atoms with Crippen LogP contribution in [0.4, 0.5) is 11.4 Å². The van der Waals surface area contributed by atoms with Crippen molar-refractivity contribution < 1.29 is 19.6 Å². The van der Waals surface area contributed by atoms with Gasteiger partial charge in [0.15, 0.2) is 0 Å². The van der Waals surface area contributed by atoms with Gasteiger partial charge < -0.3 is 10.0 Å². The van der Waals surface area contributed by atoms with Gasteiger partial charge in [0.2, 0.25) is 5.91 Å². The molecule has 1 amide bonds. The van der Waals surface area contributed by atoms with Crippen LogP contribution in [0.5, 0.6) is 0 Å². The lowest BCUT2D eigenvalue weighted by molar-refractivity contribution is -0.386. The van der Waals surface area contributed by atoms with Crippen LogP contribution >= 0.6 is 0 Å². The van der Waals surface area contributed by atoms with Crippen LogP contribution in [-0.2, 0) is 16.1 Å². The molecule has 1 N–H and O–H groups in total. The topological polar surface area (TPSA) is 119 Å². The molecule has 3 rings (SSSR count). The van der Waals surface area contributed by atoms with Crippen molar-refractivity contribution in [2.45, 2.75) is 32.7 Å². The van der Waals surface area contributed by atoms with Crippen LogP contribution < -0.4 is 4.90 Å². The van der Waals surface area contributed by atoms with Crippen LogP contribution in [0.25, 0.3) is 0 Å². The number of carbonyl (C=O) groups is 2. The van der Waals surface area contributed by atoms with Gasteiger partial charge in [-0.3, -0.25) is 24.4 Å². The van der Waals surface area contributed by atoms with Crippen LogP contribution in [0.3, 0.4) is 0 Å². The number of fused-ring (bicyclic) bond motifs is 1. The summed E-state index contributed by atoms with van der Waals surface area (Å²) in [6.07, 6.45) is 0.0692. The first-order chi connectivity index (χ1) is 12.3. The van der Waals surface area contributed by atoms with E-state index in [0.717, 1.165) is 0 Å². The number of nitro groups is 1. The monoisotopic (exact) mass is 358 g/mol. The average Bonchev–Trinajstić information content (AvgIpc) is 3.10. The second kappa shape index (κ2) is 6.58. The number of benzene rings is 1. The molecule has 1 aliphatic rings. The quantitative estimate of drug-likeness (QED) is 0.645. The normalized spacial score (nSPS) is 15.8. The third-order valence-corrected chi connectivity index (χ3v) is 4.63. The van der Waals surface area contributed by atoms with Gasteiger partial charge >= 0.3 is 11.7 Å². The van der Waals surface area contributed by atoms with Crippen LogP contribution in [-0.4, -0.2) is 38.2 Å². The standard InChI is InChI=1S/C17H18N4O5/c1-10-16(21(25)26)11(2)20(18-10)8-7-15(22)19-9-13(17(23)24)12-5-3-4-6-14(12)19/h3-6,13H,7-9H2,1-2H3,(H,23,24). The van der Waals surface area contributed by atoms with E-state index in [9.17, 15) is 24.8 Å². The Bertz CT molecular complexity index is 905. The Morgan fingerprint density at radius 3 is 2.65 bits per heavy atom. The van der Waals surface area contributed by atoms with Crippen LogP contribution in [0, 0.1) is 24.0 Å². The fourth-order valence-electron chi connectivity index (χ4n) is 3.36. The molecule has 1 aromatic carbocycles. The van der Waals surface area contributed by atoms with Crippen molar-refractivity contribution in [2.75, 3.05) is 11.4 Å². The van der Waals surface area contributed by atoms with Crippen molar-refractivity contribution in [1.29, 1.82) is 0 Å². The van der Waals surface area contributed by atoms with Crippen molar-refractivity contribution in [3.05, 3.63) is 51.3 Å². The Morgan fingerprint density at radius 2 is 2.04 bits per heavy atom. The van der Waals surface area contributed by atoms with E-state index in [-0.39, 0.29) is 31.1 Å². The number of hydrogen-bond acceptors (Lipinski definition) is 5. The first-order valence-electron chi connectivity index (χ1n) is 8.11. The third-order valence-electron chi connectivity index (χ3n) is 4.63. The Kier molecular flexibility index (Phi) is 4.45. The Balaban J connectivity index is 1.77. The molecule has 9 nitrogen and oxygen atoms in total. The number of carbonyl (C=O) groups excluding carboxylic acids is 1. The van der Waals surface area contributed by atoms with Gasteiger partial charge in [-0.1, -0.05) is 18.2 Å². The first kappa shape index (κ1) is 17.6. The second-order valence-electron chi connectivity index (χ2n) is 6.20. The molecule has 2 heterocycles. The summed E-state index contributed by atoms with van der Waals surface area (Å²) in [6, 6.07) is 6.95. The van der Waals surface area contributed by atoms with E-state index >= 15 is 0 Å². The molecule has 2 aromatic rings. The predicted octanol–water partition coefficient (Wildman–Crippen LogP) is 2.01. The maximum absolute atomic E-state index is 12.6. The molecular weight excluding hydrogens is 340 g/mol. The smallest absolute Gasteiger partial charge is 0.312 e. The molecule has 0 saturated carbocycles. The first-order valence-corrected chi connectivity index (χ1v) is 8.11. The molecular formula is C17H18N4O5. The van der Waals surface area contributed by atoms with Crippen LogP contribution in [0.2, 0.25) is 0 Å². The van der Waals surface area contributed by atoms with E-state index < -0.39 is 16.8 Å². The summed E-state index contributed by atoms with van der Waals surface area (Å²) in [7, 11) is 0. The van der Waals surface area contributed by atoms with E-state index in [0.29, 0.717) is 22.6 Å². The lowest BCUT2D eigenvalue weighted by atomic mass is 10.0. The number of aliphatic carboxylic acids is 1. The van der Waals surface area contributed by atoms with Gasteiger partial charge in [0, 0.05) is 18.7 Å². The lowest BCUT2D eigenvalue weighted by Crippen LogP contribution is -2.32. The molecule has 136 valence electrons. The fourth-order valence-corrected chi connectivity index (χ4v) is 3.36. The highest BCUT2D eigenvalue weighted by molar-refractivity contribution is 5.98. The van der Waals surface area contributed by atoms with Gasteiger partial charge in [-0.15, -0.1) is 0 Å². The number of nitrogens with zero attached hydrogens (tertiary/aromatic N) is 4. The maximum atomic E-state index is 12.6. The highest BCUT2D eigenvalue weighted by Gasteiger charge is 2.36. The second-order valence-corrected chi connectivity index (χ2v) is 6.20. The number of hydrogen-bond donors (Lipinski definition) is 1. The third kappa shape index (κ3) is 2.92. The predicted molar refractivity (Wildman–Crippen MR) is 92.1 cm³/mol. The van der Waals surface area contributed by atoms with E-state index in [2.05, 4.69) is 5.10 Å². The van der Waals surface area contributed by atoms with Gasteiger partial charge in [-0.05, 0) is 25.5 Å². The van der Waals surface area contributed by atoms with Gasteiger partial charge in [0.1, 0.15) is 17.3 Å². The Labute approximate surface area is 149 Å². The largest absolute Gasteiger partial charge is 0.481 e. The minimum atomic E-state index is -0.970. The molecule has 0 spiro atoms. The number of carboxylic acid groups (broad SMARTS) is 1. The minimum absolute atomic E-state index is 0.0464. The van der Waals surface area contributed by atoms with E-state index in [1.165, 1.54) is 9.58 Å². The summed E-state index contributed by atoms with van der Waals surface area (Å²) in [4.78, 5) is 36.1. The van der Waals surface area contributed by atoms with Gasteiger partial charge in [-0.2, -0.15) is 5.10 Å².